The zero-order chi connectivity index (χ0) is 13.1. The summed E-state index contributed by atoms with van der Waals surface area (Å²) in [5, 5.41) is 9.27. The zero-order valence-corrected chi connectivity index (χ0v) is 10.0. The van der Waals surface area contributed by atoms with Crippen LogP contribution in [0, 0.1) is 5.92 Å². The number of phosphoric ester groups is 1. The lowest BCUT2D eigenvalue weighted by Crippen LogP contribution is -2.35. The minimum absolute atomic E-state index is 0.368. The van der Waals surface area contributed by atoms with E-state index in [1.807, 2.05) is 0 Å². The number of phosphoric acid groups is 1. The molecule has 3 N–H and O–H groups in total. The molecule has 1 aliphatic rings. The van der Waals surface area contributed by atoms with Crippen molar-refractivity contribution in [1.29, 1.82) is 0 Å². The molecule has 1 fully saturated rings. The first-order valence-electron chi connectivity index (χ1n) is 5.27. The van der Waals surface area contributed by atoms with Crippen LogP contribution in [0.4, 0.5) is 0 Å². The van der Waals surface area contributed by atoms with E-state index in [2.05, 4.69) is 4.52 Å². The molecule has 0 spiro atoms. The minimum atomic E-state index is -4.74. The Labute approximate surface area is 98.0 Å². The van der Waals surface area contributed by atoms with Gasteiger partial charge in [-0.05, 0) is 12.8 Å². The first-order valence-corrected chi connectivity index (χ1v) is 6.80. The smallest absolute Gasteiger partial charge is 0.382 e. The first kappa shape index (κ1) is 14.5. The molecular weight excluding hydrogens is 251 g/mol. The van der Waals surface area contributed by atoms with Crippen molar-refractivity contribution in [3.05, 3.63) is 0 Å². The second-order valence-electron chi connectivity index (χ2n) is 4.01. The Morgan fingerprint density at radius 2 is 1.82 bits per heavy atom. The van der Waals surface area contributed by atoms with Crippen LogP contribution >= 0.6 is 7.82 Å². The average Bonchev–Trinajstić information content (AvgIpc) is 2.76. The van der Waals surface area contributed by atoms with Crippen molar-refractivity contribution in [2.24, 2.45) is 5.92 Å². The highest BCUT2D eigenvalue weighted by Gasteiger charge is 2.32. The number of aliphatic hydroxyl groups is 1. The molecule has 0 aliphatic heterocycles. The molecule has 0 aromatic carbocycles. The van der Waals surface area contributed by atoms with Crippen molar-refractivity contribution in [2.45, 2.75) is 31.8 Å². The molecule has 0 heterocycles. The fourth-order valence-corrected chi connectivity index (χ4v) is 2.13. The van der Waals surface area contributed by atoms with Gasteiger partial charge in [0, 0.05) is 5.92 Å². The van der Waals surface area contributed by atoms with Crippen LogP contribution in [0.2, 0.25) is 0 Å². The Balaban J connectivity index is 2.45. The van der Waals surface area contributed by atoms with E-state index in [9.17, 15) is 19.3 Å². The predicted octanol–water partition coefficient (Wildman–Crippen LogP) is -0.215. The molecule has 8 heteroatoms. The molecule has 1 aliphatic carbocycles. The van der Waals surface area contributed by atoms with Gasteiger partial charge < -0.3 is 14.9 Å². The molecule has 0 aromatic heterocycles. The largest absolute Gasteiger partial charge is 0.469 e. The fraction of sp³-hybridized carbons (Fsp3) is 0.778. The van der Waals surface area contributed by atoms with Gasteiger partial charge in [0.05, 0.1) is 6.61 Å². The second-order valence-corrected chi connectivity index (χ2v) is 5.25. The van der Waals surface area contributed by atoms with Crippen molar-refractivity contribution in [3.8, 4) is 0 Å². The minimum Gasteiger partial charge on any atom is -0.382 e. The Morgan fingerprint density at radius 1 is 1.29 bits per heavy atom. The maximum atomic E-state index is 11.6. The summed E-state index contributed by atoms with van der Waals surface area (Å²) in [5.41, 5.74) is 0. The molecule has 17 heavy (non-hydrogen) atoms. The number of rotatable bonds is 6. The molecule has 1 saturated carbocycles. The summed E-state index contributed by atoms with van der Waals surface area (Å²) < 4.78 is 14.3. The third-order valence-corrected chi connectivity index (χ3v) is 3.16. The normalized spacial score (nSPS) is 19.2. The quantitative estimate of drug-likeness (QED) is 0.449. The molecule has 1 rings (SSSR count). The SMILES string of the molecule is O=C(C(=O)C1CCCC1)C(O)COP(=O)(O)O. The van der Waals surface area contributed by atoms with Gasteiger partial charge in [0.1, 0.15) is 6.10 Å². The molecule has 0 bridgehead atoms. The topological polar surface area (TPSA) is 121 Å². The monoisotopic (exact) mass is 266 g/mol. The van der Waals surface area contributed by atoms with E-state index in [1.54, 1.807) is 0 Å². The summed E-state index contributed by atoms with van der Waals surface area (Å²) >= 11 is 0. The summed E-state index contributed by atoms with van der Waals surface area (Å²) in [5.74, 6) is -2.08. The van der Waals surface area contributed by atoms with Crippen LogP contribution in [-0.2, 0) is 18.7 Å². The van der Waals surface area contributed by atoms with E-state index in [1.165, 1.54) is 0 Å². The number of carbonyl (C=O) groups excluding carboxylic acids is 2. The van der Waals surface area contributed by atoms with Crippen LogP contribution in [0.1, 0.15) is 25.7 Å². The maximum absolute atomic E-state index is 11.6. The van der Waals surface area contributed by atoms with Gasteiger partial charge in [-0.25, -0.2) is 4.57 Å². The van der Waals surface area contributed by atoms with Gasteiger partial charge >= 0.3 is 7.82 Å². The summed E-state index contributed by atoms with van der Waals surface area (Å²) in [6.07, 6.45) is 1.18. The molecule has 1 atom stereocenters. The number of ketones is 2. The van der Waals surface area contributed by atoms with Crippen molar-refractivity contribution in [2.75, 3.05) is 6.61 Å². The van der Waals surface area contributed by atoms with E-state index in [4.69, 9.17) is 9.79 Å². The highest BCUT2D eigenvalue weighted by Crippen LogP contribution is 2.35. The van der Waals surface area contributed by atoms with Gasteiger partial charge in [-0.15, -0.1) is 0 Å². The molecule has 0 radical (unpaired) electrons. The van der Waals surface area contributed by atoms with Crippen LogP contribution in [0.3, 0.4) is 0 Å². The lowest BCUT2D eigenvalue weighted by Gasteiger charge is -2.12. The van der Waals surface area contributed by atoms with Crippen molar-refractivity contribution < 1.29 is 33.6 Å². The van der Waals surface area contributed by atoms with Gasteiger partial charge in [0.25, 0.3) is 0 Å². The lowest BCUT2D eigenvalue weighted by atomic mass is 9.97. The zero-order valence-electron chi connectivity index (χ0n) is 9.11. The van der Waals surface area contributed by atoms with Crippen molar-refractivity contribution in [1.82, 2.24) is 0 Å². The number of carbonyl (C=O) groups is 2. The number of hydrogen-bond acceptors (Lipinski definition) is 5. The Bertz CT molecular complexity index is 341. The van der Waals surface area contributed by atoms with E-state index >= 15 is 0 Å². The number of hydrogen-bond donors (Lipinski definition) is 3. The lowest BCUT2D eigenvalue weighted by molar-refractivity contribution is -0.144. The summed E-state index contributed by atoms with van der Waals surface area (Å²) in [6.45, 7) is -0.873. The van der Waals surface area contributed by atoms with Gasteiger partial charge in [-0.3, -0.25) is 14.1 Å². The summed E-state index contributed by atoms with van der Waals surface area (Å²) in [7, 11) is -4.74. The third kappa shape index (κ3) is 4.65. The Morgan fingerprint density at radius 3 is 2.29 bits per heavy atom. The molecule has 0 amide bonds. The van der Waals surface area contributed by atoms with Gasteiger partial charge in [0.2, 0.25) is 11.6 Å². The van der Waals surface area contributed by atoms with E-state index in [0.717, 1.165) is 12.8 Å². The van der Waals surface area contributed by atoms with Gasteiger partial charge in [-0.1, -0.05) is 12.8 Å². The molecule has 0 aromatic rings. The van der Waals surface area contributed by atoms with Crippen LogP contribution < -0.4 is 0 Å². The fourth-order valence-electron chi connectivity index (χ4n) is 1.80. The average molecular weight is 266 g/mol. The van der Waals surface area contributed by atoms with E-state index < -0.39 is 32.1 Å². The predicted molar refractivity (Wildman–Crippen MR) is 56.0 cm³/mol. The summed E-state index contributed by atoms with van der Waals surface area (Å²) in [6, 6.07) is 0. The summed E-state index contributed by atoms with van der Waals surface area (Å²) in [4.78, 5) is 39.7. The Kier molecular flexibility index (Phi) is 4.97. The molecule has 7 nitrogen and oxygen atoms in total. The van der Waals surface area contributed by atoms with E-state index in [0.29, 0.717) is 12.8 Å². The third-order valence-electron chi connectivity index (χ3n) is 2.67. The number of Topliss-reactive ketones (excluding diaryl/α,β-unsaturated/α-hetero) is 2. The Hall–Kier alpha value is -0.590. The van der Waals surface area contributed by atoms with Crippen LogP contribution in [0.5, 0.6) is 0 Å². The molecule has 98 valence electrons. The van der Waals surface area contributed by atoms with Gasteiger partial charge in [-0.2, -0.15) is 0 Å². The van der Waals surface area contributed by atoms with Crippen LogP contribution in [-0.4, -0.2) is 39.2 Å². The van der Waals surface area contributed by atoms with Crippen molar-refractivity contribution in [3.63, 3.8) is 0 Å². The first-order chi connectivity index (χ1) is 7.81. The number of aliphatic hydroxyl groups excluding tert-OH is 1. The maximum Gasteiger partial charge on any atom is 0.469 e. The molecule has 1 unspecified atom stereocenters. The second kappa shape index (κ2) is 5.84. The van der Waals surface area contributed by atoms with Crippen LogP contribution in [0.15, 0.2) is 0 Å². The standard InChI is InChI=1S/C9H15O7P/c10-7(5-16-17(13,14)15)9(12)8(11)6-3-1-2-4-6/h6-7,10H,1-5H2,(H2,13,14,15). The molecule has 0 saturated heterocycles. The van der Waals surface area contributed by atoms with Gasteiger partial charge in [0.15, 0.2) is 0 Å². The highest BCUT2D eigenvalue weighted by atomic mass is 31.2. The van der Waals surface area contributed by atoms with Crippen molar-refractivity contribution >= 4 is 19.4 Å². The van der Waals surface area contributed by atoms with E-state index in [-0.39, 0.29) is 5.92 Å². The van der Waals surface area contributed by atoms with Crippen LogP contribution in [0.25, 0.3) is 0 Å². The molecular formula is C9H15O7P. The highest BCUT2D eigenvalue weighted by molar-refractivity contribution is 7.46.